The first-order chi connectivity index (χ1) is 6.56. The van der Waals surface area contributed by atoms with Crippen LogP contribution < -0.4 is 0 Å². The number of rotatable bonds is 2. The van der Waals surface area contributed by atoms with E-state index in [0.29, 0.717) is 0 Å². The maximum Gasteiger partial charge on any atom is 0.268 e. The topological polar surface area (TPSA) is 36.7 Å². The van der Waals surface area contributed by atoms with Gasteiger partial charge in [-0.3, -0.25) is 0 Å². The maximum absolute atomic E-state index is 12.9. The molecule has 0 unspecified atom stereocenters. The summed E-state index contributed by atoms with van der Waals surface area (Å²) in [6.45, 7) is 0. The van der Waals surface area contributed by atoms with E-state index in [-0.39, 0.29) is 17.1 Å². The molecule has 1 heterocycles. The van der Waals surface area contributed by atoms with Crippen molar-refractivity contribution in [3.05, 3.63) is 28.3 Å². The third-order valence-electron chi connectivity index (χ3n) is 1.55. The van der Waals surface area contributed by atoms with Gasteiger partial charge in [-0.25, -0.2) is 13.8 Å². The molecule has 0 aromatic carbocycles. The summed E-state index contributed by atoms with van der Waals surface area (Å²) in [6.07, 6.45) is -3.32. The van der Waals surface area contributed by atoms with Crippen molar-refractivity contribution in [1.29, 1.82) is 5.26 Å². The fourth-order valence-electron chi connectivity index (χ4n) is 1.00. The summed E-state index contributed by atoms with van der Waals surface area (Å²) >= 11 is 5.36. The third kappa shape index (κ3) is 2.15. The molecular weight excluding hydrogens is 217 g/mol. The lowest BCUT2D eigenvalue weighted by atomic mass is 10.1. The van der Waals surface area contributed by atoms with Crippen LogP contribution in [0.3, 0.4) is 0 Å². The van der Waals surface area contributed by atoms with Crippen molar-refractivity contribution in [2.75, 3.05) is 0 Å². The zero-order valence-electron chi connectivity index (χ0n) is 6.77. The minimum absolute atomic E-state index is 0.125. The molecule has 2 nitrogen and oxygen atoms in total. The zero-order chi connectivity index (χ0) is 10.7. The number of nitrogens with zero attached hydrogens (tertiary/aromatic N) is 2. The first-order valence-corrected chi connectivity index (χ1v) is 3.94. The summed E-state index contributed by atoms with van der Waals surface area (Å²) in [4.78, 5) is 3.05. The fraction of sp³-hybridized carbons (Fsp3) is 0.250. The maximum atomic E-state index is 12.9. The van der Waals surface area contributed by atoms with Crippen molar-refractivity contribution in [3.63, 3.8) is 0 Å². The van der Waals surface area contributed by atoms with Gasteiger partial charge in [0.2, 0.25) is 5.95 Å². The average Bonchev–Trinajstić information content (AvgIpc) is 2.01. The summed E-state index contributed by atoms with van der Waals surface area (Å²) in [6, 6.07) is 2.71. The standard InChI is InChI=1S/C8H4ClF3N2/c9-5-3-4(1-2-13)6(7(10)11)8(12)14-5/h3,7H,1H2. The molecule has 1 aromatic rings. The molecule has 6 heteroatoms. The largest absolute Gasteiger partial charge is 0.268 e. The molecule has 0 atom stereocenters. The molecule has 0 saturated heterocycles. The van der Waals surface area contributed by atoms with E-state index in [4.69, 9.17) is 16.9 Å². The Kier molecular flexibility index (Phi) is 3.31. The van der Waals surface area contributed by atoms with Crippen LogP contribution in [0.15, 0.2) is 6.07 Å². The molecule has 0 aliphatic heterocycles. The van der Waals surface area contributed by atoms with Crippen LogP contribution in [0.4, 0.5) is 13.2 Å². The number of aromatic nitrogens is 1. The lowest BCUT2D eigenvalue weighted by Crippen LogP contribution is -2.01. The number of alkyl halides is 2. The van der Waals surface area contributed by atoms with Crippen molar-refractivity contribution in [1.82, 2.24) is 4.98 Å². The van der Waals surface area contributed by atoms with Crippen LogP contribution in [0, 0.1) is 17.3 Å². The Balaban J connectivity index is 3.30. The Hall–Kier alpha value is -1.28. The molecule has 1 aromatic heterocycles. The second kappa shape index (κ2) is 4.29. The minimum atomic E-state index is -3.00. The molecule has 0 bridgehead atoms. The highest BCUT2D eigenvalue weighted by Gasteiger charge is 2.20. The Morgan fingerprint density at radius 3 is 2.71 bits per heavy atom. The van der Waals surface area contributed by atoms with Gasteiger partial charge in [0.1, 0.15) is 5.15 Å². The van der Waals surface area contributed by atoms with Crippen molar-refractivity contribution < 1.29 is 13.2 Å². The van der Waals surface area contributed by atoms with Crippen molar-refractivity contribution in [2.45, 2.75) is 12.8 Å². The van der Waals surface area contributed by atoms with Crippen LogP contribution in [-0.2, 0) is 6.42 Å². The lowest BCUT2D eigenvalue weighted by Gasteiger charge is -2.06. The number of halogens is 4. The van der Waals surface area contributed by atoms with Crippen LogP contribution in [0.2, 0.25) is 5.15 Å². The Morgan fingerprint density at radius 2 is 2.21 bits per heavy atom. The van der Waals surface area contributed by atoms with E-state index in [9.17, 15) is 13.2 Å². The van der Waals surface area contributed by atoms with Gasteiger partial charge >= 0.3 is 0 Å². The van der Waals surface area contributed by atoms with Gasteiger partial charge in [-0.2, -0.15) is 9.65 Å². The second-order valence-corrected chi connectivity index (χ2v) is 2.83. The molecule has 1 rings (SSSR count). The third-order valence-corrected chi connectivity index (χ3v) is 1.75. The average molecular weight is 221 g/mol. The monoisotopic (exact) mass is 220 g/mol. The van der Waals surface area contributed by atoms with Gasteiger partial charge < -0.3 is 0 Å². The second-order valence-electron chi connectivity index (χ2n) is 2.44. The molecule has 0 aliphatic rings. The van der Waals surface area contributed by atoms with Gasteiger partial charge in [0.15, 0.2) is 0 Å². The Morgan fingerprint density at radius 1 is 1.57 bits per heavy atom. The highest BCUT2D eigenvalue weighted by molar-refractivity contribution is 6.29. The smallest absolute Gasteiger partial charge is 0.207 e. The van der Waals surface area contributed by atoms with E-state index in [2.05, 4.69) is 4.98 Å². The van der Waals surface area contributed by atoms with Crippen LogP contribution in [0.25, 0.3) is 0 Å². The lowest BCUT2D eigenvalue weighted by molar-refractivity contribution is 0.144. The highest BCUT2D eigenvalue weighted by atomic mass is 35.5. The first kappa shape index (κ1) is 10.8. The number of pyridine rings is 1. The van der Waals surface area contributed by atoms with Crippen molar-refractivity contribution in [3.8, 4) is 6.07 Å². The normalized spacial score (nSPS) is 10.3. The van der Waals surface area contributed by atoms with E-state index in [1.54, 1.807) is 6.07 Å². The molecule has 0 amide bonds. The molecule has 0 radical (unpaired) electrons. The van der Waals surface area contributed by atoms with E-state index in [0.717, 1.165) is 6.07 Å². The SMILES string of the molecule is N#CCc1cc(Cl)nc(F)c1C(F)F. The summed E-state index contributed by atoms with van der Waals surface area (Å²) in [7, 11) is 0. The van der Waals surface area contributed by atoms with Crippen LogP contribution in [0.1, 0.15) is 17.6 Å². The summed E-state index contributed by atoms with van der Waals surface area (Å²) < 4.78 is 37.5. The molecule has 0 N–H and O–H groups in total. The van der Waals surface area contributed by atoms with Crippen LogP contribution >= 0.6 is 11.6 Å². The predicted octanol–water partition coefficient (Wildman–Crippen LogP) is 2.88. The quantitative estimate of drug-likeness (QED) is 0.719. The van der Waals surface area contributed by atoms with E-state index >= 15 is 0 Å². The van der Waals surface area contributed by atoms with Crippen molar-refractivity contribution >= 4 is 11.6 Å². The summed E-state index contributed by atoms with van der Waals surface area (Å²) in [5, 5.41) is 8.09. The van der Waals surface area contributed by atoms with Gasteiger partial charge in [-0.05, 0) is 11.6 Å². The van der Waals surface area contributed by atoms with Gasteiger partial charge in [-0.15, -0.1) is 0 Å². The number of hydrogen-bond donors (Lipinski definition) is 0. The van der Waals surface area contributed by atoms with Gasteiger partial charge in [-0.1, -0.05) is 11.6 Å². The van der Waals surface area contributed by atoms with E-state index < -0.39 is 17.9 Å². The zero-order valence-corrected chi connectivity index (χ0v) is 7.52. The first-order valence-electron chi connectivity index (χ1n) is 3.56. The predicted molar refractivity (Wildman–Crippen MR) is 43.5 cm³/mol. The Bertz CT molecular complexity index is 387. The molecular formula is C8H4ClF3N2. The summed E-state index contributed by atoms with van der Waals surface area (Å²) in [5.41, 5.74) is -0.976. The molecule has 74 valence electrons. The van der Waals surface area contributed by atoms with E-state index in [1.807, 2.05) is 0 Å². The molecule has 0 saturated carbocycles. The van der Waals surface area contributed by atoms with E-state index in [1.165, 1.54) is 0 Å². The minimum Gasteiger partial charge on any atom is -0.207 e. The molecule has 0 spiro atoms. The number of nitriles is 1. The van der Waals surface area contributed by atoms with Gasteiger partial charge in [0.05, 0.1) is 18.1 Å². The summed E-state index contributed by atoms with van der Waals surface area (Å²) in [5.74, 6) is -1.32. The molecule has 0 aliphatic carbocycles. The Labute approximate surface area is 82.9 Å². The molecule has 0 fully saturated rings. The van der Waals surface area contributed by atoms with Crippen molar-refractivity contribution in [2.24, 2.45) is 0 Å². The fourth-order valence-corrected chi connectivity index (χ4v) is 1.21. The van der Waals surface area contributed by atoms with Crippen LogP contribution in [0.5, 0.6) is 0 Å². The molecule has 14 heavy (non-hydrogen) atoms. The van der Waals surface area contributed by atoms with Gasteiger partial charge in [0.25, 0.3) is 6.43 Å². The van der Waals surface area contributed by atoms with Gasteiger partial charge in [0, 0.05) is 0 Å². The number of hydrogen-bond acceptors (Lipinski definition) is 2. The van der Waals surface area contributed by atoms with Crippen LogP contribution in [-0.4, -0.2) is 4.98 Å². The highest BCUT2D eigenvalue weighted by Crippen LogP contribution is 2.27.